The van der Waals surface area contributed by atoms with Gasteiger partial charge >= 0.3 is 24.7 Å². The Bertz CT molecular complexity index is 2080. The Balaban J connectivity index is 0.000000784. The first-order valence-corrected chi connectivity index (χ1v) is 17.1. The minimum absolute atomic E-state index is 0.00435. The van der Waals surface area contributed by atoms with Crippen LogP contribution in [0.25, 0.3) is 0 Å². The first-order valence-electron chi connectivity index (χ1n) is 16.3. The topological polar surface area (TPSA) is 168 Å². The van der Waals surface area contributed by atoms with Crippen LogP contribution in [0.3, 0.4) is 0 Å². The zero-order chi connectivity index (χ0) is 40.7. The molecule has 13 nitrogen and oxygen atoms in total. The van der Waals surface area contributed by atoms with Gasteiger partial charge in [-0.15, -0.1) is 0 Å². The number of imide groups is 1. The smallest absolute Gasteiger partial charge is 0.490 e. The lowest BCUT2D eigenvalue weighted by molar-refractivity contribution is -0.605. The molecule has 0 bridgehead atoms. The Morgan fingerprint density at radius 3 is 2.27 bits per heavy atom. The Morgan fingerprint density at radius 2 is 1.66 bits per heavy atom. The van der Waals surface area contributed by atoms with E-state index in [1.54, 1.807) is 24.5 Å². The molecule has 1 atom stereocenters. The third kappa shape index (κ3) is 10.9. The molecule has 0 radical (unpaired) electrons. The fourth-order valence-electron chi connectivity index (χ4n) is 5.14. The van der Waals surface area contributed by atoms with E-state index >= 15 is 0 Å². The van der Waals surface area contributed by atoms with Gasteiger partial charge in [-0.2, -0.15) is 26.7 Å². The number of carboxylic acids is 1. The molecule has 2 amide bonds. The van der Waals surface area contributed by atoms with Crippen molar-refractivity contribution in [3.8, 4) is 17.2 Å². The second-order valence-corrected chi connectivity index (χ2v) is 13.0. The number of halogens is 7. The summed E-state index contributed by atoms with van der Waals surface area (Å²) in [7, 11) is 0. The van der Waals surface area contributed by atoms with Crippen molar-refractivity contribution in [2.24, 2.45) is 5.92 Å². The molecule has 2 aliphatic rings. The van der Waals surface area contributed by atoms with Crippen LogP contribution in [-0.2, 0) is 27.4 Å². The van der Waals surface area contributed by atoms with Crippen molar-refractivity contribution in [2.75, 3.05) is 13.2 Å². The van der Waals surface area contributed by atoms with Gasteiger partial charge in [0, 0.05) is 29.9 Å². The summed E-state index contributed by atoms with van der Waals surface area (Å²) in [6.45, 7) is -3.42. The highest BCUT2D eigenvalue weighted by atomic mass is 35.5. The summed E-state index contributed by atoms with van der Waals surface area (Å²) >= 11 is 12.6. The maximum absolute atomic E-state index is 13.4. The quantitative estimate of drug-likeness (QED) is 0.0470. The summed E-state index contributed by atoms with van der Waals surface area (Å²) in [5.41, 5.74) is 1.47. The number of nitrogens with zero attached hydrogens (tertiary/aromatic N) is 3. The number of fused-ring (bicyclic) bond motifs is 1. The van der Waals surface area contributed by atoms with Crippen molar-refractivity contribution in [3.63, 3.8) is 0 Å². The van der Waals surface area contributed by atoms with Gasteiger partial charge in [0.05, 0.1) is 17.7 Å². The summed E-state index contributed by atoms with van der Waals surface area (Å²) in [5, 5.41) is 18.9. The van der Waals surface area contributed by atoms with Crippen molar-refractivity contribution in [2.45, 2.75) is 44.8 Å². The van der Waals surface area contributed by atoms with Crippen LogP contribution in [0.2, 0.25) is 10.0 Å². The van der Waals surface area contributed by atoms with E-state index in [4.69, 9.17) is 47.3 Å². The maximum atomic E-state index is 13.4. The number of carbonyl (C=O) groups excluding carboxylic acids is 3. The highest BCUT2D eigenvalue weighted by Gasteiger charge is 2.39. The number of alkyl halides is 5. The van der Waals surface area contributed by atoms with E-state index in [1.165, 1.54) is 30.3 Å². The predicted molar refractivity (Wildman–Crippen MR) is 183 cm³/mol. The molecular formula is C36H28Cl2F5N3O10. The van der Waals surface area contributed by atoms with Crippen LogP contribution in [0.15, 0.2) is 73.3 Å². The van der Waals surface area contributed by atoms with E-state index in [9.17, 15) is 41.5 Å². The number of aromatic nitrogens is 2. The number of aliphatic carboxylic acids is 1. The lowest BCUT2D eigenvalue weighted by Gasteiger charge is -2.22. The average Bonchev–Trinajstić information content (AvgIpc) is 3.94. The van der Waals surface area contributed by atoms with Gasteiger partial charge in [-0.1, -0.05) is 35.3 Å². The summed E-state index contributed by atoms with van der Waals surface area (Å²) in [6.07, 6.45) is 0.842. The Morgan fingerprint density at radius 1 is 0.982 bits per heavy atom. The minimum Gasteiger partial charge on any atom is -0.619 e. The summed E-state index contributed by atoms with van der Waals surface area (Å²) in [6, 6.07) is 12.0. The lowest BCUT2D eigenvalue weighted by atomic mass is 10.0. The van der Waals surface area contributed by atoms with Crippen LogP contribution < -0.4 is 18.9 Å². The van der Waals surface area contributed by atoms with Gasteiger partial charge in [0.2, 0.25) is 0 Å². The van der Waals surface area contributed by atoms with Gasteiger partial charge in [-0.25, -0.2) is 4.79 Å². The molecular weight excluding hydrogens is 800 g/mol. The van der Waals surface area contributed by atoms with E-state index in [1.807, 2.05) is 6.07 Å². The molecule has 296 valence electrons. The number of ether oxygens (including phenoxy) is 4. The summed E-state index contributed by atoms with van der Waals surface area (Å²) in [5.74, 6) is -4.76. The number of hydrogen-bond acceptors (Lipinski definition) is 10. The maximum Gasteiger partial charge on any atom is 0.490 e. The predicted octanol–water partition coefficient (Wildman–Crippen LogP) is 6.75. The van der Waals surface area contributed by atoms with Crippen molar-refractivity contribution >= 4 is 47.0 Å². The largest absolute Gasteiger partial charge is 0.619 e. The Hall–Kier alpha value is -5.75. The fourth-order valence-corrected chi connectivity index (χ4v) is 5.74. The highest BCUT2D eigenvalue weighted by Crippen LogP contribution is 2.38. The number of amides is 2. The molecule has 3 heterocycles. The molecule has 1 aliphatic heterocycles. The normalized spacial score (nSPS) is 14.1. The number of hydrogen-bond donors (Lipinski definition) is 1. The minimum atomic E-state index is -5.08. The van der Waals surface area contributed by atoms with E-state index in [-0.39, 0.29) is 69.4 Å². The number of benzene rings is 2. The van der Waals surface area contributed by atoms with Gasteiger partial charge in [0.15, 0.2) is 23.9 Å². The average molecular weight is 829 g/mol. The van der Waals surface area contributed by atoms with E-state index in [0.29, 0.717) is 10.5 Å². The molecule has 1 saturated carbocycles. The van der Waals surface area contributed by atoms with Gasteiger partial charge < -0.3 is 29.3 Å². The molecule has 0 spiro atoms. The van der Waals surface area contributed by atoms with Crippen LogP contribution in [-0.4, -0.2) is 64.7 Å². The fraction of sp³-hybridized carbons (Fsp3) is 0.278. The SMILES string of the molecule is O=C(CN1C(=O)c2ccc(OCc3cccnc3)cc2C1=O)O[C@@H](Cc1c(Cl)c[n+]([O-])cc1Cl)c1ccc(OC(F)F)c(OCC2CC2)c1.O=C(O)C(F)(F)F. The molecule has 4 aromatic rings. The van der Waals surface area contributed by atoms with Gasteiger partial charge in [0.1, 0.15) is 35.1 Å². The molecule has 0 saturated heterocycles. The summed E-state index contributed by atoms with van der Waals surface area (Å²) in [4.78, 5) is 53.6. The van der Waals surface area contributed by atoms with Crippen LogP contribution >= 0.6 is 23.2 Å². The third-order valence-corrected chi connectivity index (χ3v) is 8.70. The zero-order valence-electron chi connectivity index (χ0n) is 28.5. The van der Waals surface area contributed by atoms with Crippen molar-refractivity contribution < 1.29 is 69.9 Å². The number of pyridine rings is 2. The second-order valence-electron chi connectivity index (χ2n) is 12.2. The standard InChI is InChI=1S/C34H27Cl2F2N3O8.C2HF3O2/c35-26-14-40(45)15-27(36)25(26)12-29(21-5-8-28(49-34(37)38)30(10-21)47-17-19-3-4-19)48-31(42)16-41-32(43)23-7-6-22(11-24(23)33(41)44)46-18-20-2-1-9-39-13-20;3-2(4,5)1(6)7/h1-2,5-11,13-15,19,29,34H,3-4,12,16-18H2;(H,6,7)/t29-;/m0./s1. The van der Waals surface area contributed by atoms with Crippen LogP contribution in [0.1, 0.15) is 56.4 Å². The van der Waals surface area contributed by atoms with E-state index in [0.717, 1.165) is 35.7 Å². The van der Waals surface area contributed by atoms with E-state index < -0.39 is 49.2 Å². The number of rotatable bonds is 14. The monoisotopic (exact) mass is 827 g/mol. The number of esters is 1. The van der Waals surface area contributed by atoms with Crippen molar-refractivity contribution in [3.05, 3.63) is 116 Å². The van der Waals surface area contributed by atoms with Gasteiger partial charge in [-0.05, 0) is 60.7 Å². The summed E-state index contributed by atoms with van der Waals surface area (Å²) < 4.78 is 80.5. The lowest BCUT2D eigenvalue weighted by Crippen LogP contribution is -2.36. The highest BCUT2D eigenvalue weighted by molar-refractivity contribution is 6.35. The Kier molecular flexibility index (Phi) is 13.2. The van der Waals surface area contributed by atoms with Crippen LogP contribution in [0.4, 0.5) is 22.0 Å². The third-order valence-electron chi connectivity index (χ3n) is 8.05. The van der Waals surface area contributed by atoms with Crippen LogP contribution in [0.5, 0.6) is 17.2 Å². The number of carbonyl (C=O) groups is 4. The van der Waals surface area contributed by atoms with Gasteiger partial charge in [0.25, 0.3) is 11.8 Å². The van der Waals surface area contributed by atoms with Crippen LogP contribution in [0, 0.1) is 11.1 Å². The molecule has 0 unspecified atom stereocenters. The van der Waals surface area contributed by atoms with Crippen molar-refractivity contribution in [1.82, 2.24) is 9.88 Å². The molecule has 1 N–H and O–H groups in total. The first-order chi connectivity index (χ1) is 26.5. The Labute approximate surface area is 323 Å². The first kappa shape index (κ1) is 41.4. The molecule has 1 fully saturated rings. The zero-order valence-corrected chi connectivity index (χ0v) is 30.0. The molecule has 1 aliphatic carbocycles. The van der Waals surface area contributed by atoms with Gasteiger partial charge in [-0.3, -0.25) is 24.3 Å². The molecule has 6 rings (SSSR count). The molecule has 56 heavy (non-hydrogen) atoms. The molecule has 20 heteroatoms. The second kappa shape index (κ2) is 17.8. The van der Waals surface area contributed by atoms with E-state index in [2.05, 4.69) is 9.72 Å². The number of carboxylic acid groups (broad SMARTS) is 1. The van der Waals surface area contributed by atoms with Crippen molar-refractivity contribution in [1.29, 1.82) is 0 Å². The molecule has 2 aromatic carbocycles. The molecule has 2 aromatic heterocycles.